The number of rotatable bonds is 0. The normalized spacial score (nSPS) is 18.2. The highest BCUT2D eigenvalue weighted by Gasteiger charge is 2.06. The Morgan fingerprint density at radius 1 is 1.33 bits per heavy atom. The zero-order valence-corrected chi connectivity index (χ0v) is 6.64. The van der Waals surface area contributed by atoms with Gasteiger partial charge in [-0.1, -0.05) is 24.3 Å². The molecule has 1 aliphatic rings. The number of hydrogen-bond donors (Lipinski definition) is 1. The van der Waals surface area contributed by atoms with E-state index in [2.05, 4.69) is 29.2 Å². The van der Waals surface area contributed by atoms with Crippen molar-refractivity contribution in [2.45, 2.75) is 6.54 Å². The van der Waals surface area contributed by atoms with Crippen molar-refractivity contribution in [3.63, 3.8) is 0 Å². The summed E-state index contributed by atoms with van der Waals surface area (Å²) in [5, 5.41) is 1.59. The van der Waals surface area contributed by atoms with Crippen LogP contribution >= 0.6 is 0 Å². The van der Waals surface area contributed by atoms with Crippen LogP contribution in [0.3, 0.4) is 0 Å². The van der Waals surface area contributed by atoms with Crippen LogP contribution in [0.1, 0.15) is 5.56 Å². The Morgan fingerprint density at radius 3 is 3.11 bits per heavy atom. The minimum absolute atomic E-state index is 0.0584. The molecule has 0 unspecified atom stereocenters. The van der Waals surface area contributed by atoms with Crippen molar-refractivity contribution >= 4 is 14.9 Å². The van der Waals surface area contributed by atoms with E-state index >= 15 is 0 Å². The number of fused-ring (bicyclic) bond motifs is 1. The van der Waals surface area contributed by atoms with E-state index in [9.17, 15) is 0 Å². The van der Waals surface area contributed by atoms with Gasteiger partial charge < -0.3 is 4.98 Å². The van der Waals surface area contributed by atoms with E-state index < -0.39 is 0 Å². The molecule has 2 rings (SSSR count). The first-order chi connectivity index (χ1) is 4.47. The van der Waals surface area contributed by atoms with Gasteiger partial charge in [0.15, 0.2) is 0 Å². The van der Waals surface area contributed by atoms with Gasteiger partial charge in [0.25, 0.3) is 0 Å². The highest BCUT2D eigenvalue weighted by Crippen LogP contribution is 1.98. The van der Waals surface area contributed by atoms with Gasteiger partial charge in [-0.25, -0.2) is 0 Å². The van der Waals surface area contributed by atoms with E-state index in [-0.39, 0.29) is 9.68 Å². The Labute approximate surface area is 57.0 Å². The molecule has 0 saturated carbocycles. The number of benzene rings is 1. The van der Waals surface area contributed by atoms with Crippen LogP contribution < -0.4 is 10.2 Å². The van der Waals surface area contributed by atoms with E-state index in [1.165, 1.54) is 5.56 Å². The van der Waals surface area contributed by atoms with Crippen molar-refractivity contribution in [2.75, 3.05) is 0 Å². The molecule has 0 radical (unpaired) electrons. The molecule has 0 aliphatic carbocycles. The first-order valence-electron chi connectivity index (χ1n) is 3.24. The lowest BCUT2D eigenvalue weighted by Crippen LogP contribution is -2.18. The number of nitrogens with one attached hydrogen (secondary N) is 1. The summed E-state index contributed by atoms with van der Waals surface area (Å²) < 4.78 is 0. The summed E-state index contributed by atoms with van der Waals surface area (Å²) >= 11 is 0. The third-order valence-electron chi connectivity index (χ3n) is 1.75. The predicted molar refractivity (Wildman–Crippen MR) is 41.5 cm³/mol. The average Bonchev–Trinajstić information content (AvgIpc) is 2.33. The van der Waals surface area contributed by atoms with Crippen molar-refractivity contribution in [1.29, 1.82) is 0 Å². The average molecular weight is 135 g/mol. The second-order valence-corrected chi connectivity index (χ2v) is 3.99. The molecular formula is C7H9NSi. The van der Waals surface area contributed by atoms with Crippen LogP contribution in [0.2, 0.25) is 0 Å². The van der Waals surface area contributed by atoms with Crippen LogP contribution in [-0.4, -0.2) is 9.68 Å². The van der Waals surface area contributed by atoms with Gasteiger partial charge in [0.1, 0.15) is 9.68 Å². The topological polar surface area (TPSA) is 12.0 Å². The summed E-state index contributed by atoms with van der Waals surface area (Å²) in [6, 6.07) is 8.68. The Balaban J connectivity index is 2.54. The first-order valence-corrected chi connectivity index (χ1v) is 4.66. The summed E-state index contributed by atoms with van der Waals surface area (Å²) in [6.45, 7) is 1.11. The summed E-state index contributed by atoms with van der Waals surface area (Å²) in [5.74, 6) is 0. The van der Waals surface area contributed by atoms with Crippen molar-refractivity contribution < 1.29 is 0 Å². The lowest BCUT2D eigenvalue weighted by molar-refractivity contribution is 0.991. The van der Waals surface area contributed by atoms with Gasteiger partial charge in [-0.05, 0) is 10.8 Å². The van der Waals surface area contributed by atoms with Gasteiger partial charge in [0, 0.05) is 6.54 Å². The summed E-state index contributed by atoms with van der Waals surface area (Å²) in [7, 11) is -0.0584. The van der Waals surface area contributed by atoms with Gasteiger partial charge in [-0.2, -0.15) is 0 Å². The van der Waals surface area contributed by atoms with Crippen molar-refractivity contribution in [3.05, 3.63) is 29.8 Å². The maximum Gasteiger partial charge on any atom is 0.125 e. The molecule has 1 aromatic rings. The molecule has 0 fully saturated rings. The van der Waals surface area contributed by atoms with Crippen LogP contribution in [0.15, 0.2) is 24.3 Å². The van der Waals surface area contributed by atoms with Crippen LogP contribution in [0, 0.1) is 0 Å². The molecule has 0 amide bonds. The number of hydrogen-bond acceptors (Lipinski definition) is 1. The highest BCUT2D eigenvalue weighted by atomic mass is 28.2. The fraction of sp³-hybridized carbons (Fsp3) is 0.143. The van der Waals surface area contributed by atoms with Gasteiger partial charge >= 0.3 is 0 Å². The molecule has 9 heavy (non-hydrogen) atoms. The van der Waals surface area contributed by atoms with E-state index in [1.807, 2.05) is 0 Å². The molecule has 0 spiro atoms. The van der Waals surface area contributed by atoms with E-state index in [0.29, 0.717) is 0 Å². The molecule has 0 bridgehead atoms. The monoisotopic (exact) mass is 135 g/mol. The Kier molecular flexibility index (Phi) is 1.14. The summed E-state index contributed by atoms with van der Waals surface area (Å²) in [6.07, 6.45) is 0. The molecule has 1 N–H and O–H groups in total. The third kappa shape index (κ3) is 0.801. The van der Waals surface area contributed by atoms with Crippen LogP contribution in [0.5, 0.6) is 0 Å². The zero-order valence-electron chi connectivity index (χ0n) is 5.22. The smallest absolute Gasteiger partial charge is 0.125 e. The van der Waals surface area contributed by atoms with Gasteiger partial charge in [0.2, 0.25) is 0 Å². The summed E-state index contributed by atoms with van der Waals surface area (Å²) in [4.78, 5) is 3.43. The standard InChI is InChI=1S/C7H9NSi/c1-2-4-7-6(3-1)5-8-9-7/h1-4,8H,5,9H2. The van der Waals surface area contributed by atoms with E-state index in [0.717, 1.165) is 6.54 Å². The Morgan fingerprint density at radius 2 is 2.22 bits per heavy atom. The van der Waals surface area contributed by atoms with E-state index in [4.69, 9.17) is 0 Å². The molecule has 1 aromatic carbocycles. The molecule has 0 aromatic heterocycles. The first kappa shape index (κ1) is 5.20. The zero-order chi connectivity index (χ0) is 6.10. The van der Waals surface area contributed by atoms with E-state index in [1.54, 1.807) is 5.19 Å². The summed E-state index contributed by atoms with van der Waals surface area (Å²) in [5.41, 5.74) is 1.52. The quantitative estimate of drug-likeness (QED) is 0.473. The lowest BCUT2D eigenvalue weighted by atomic mass is 10.2. The molecule has 1 aliphatic heterocycles. The predicted octanol–water partition coefficient (Wildman–Crippen LogP) is -0.501. The fourth-order valence-corrected chi connectivity index (χ4v) is 2.62. The Bertz CT molecular complexity index is 199. The Hall–Kier alpha value is -0.603. The minimum atomic E-state index is -0.0584. The SMILES string of the molecule is c1ccc2c(c1)CN[SiH2]2. The molecular weight excluding hydrogens is 126 g/mol. The molecule has 1 nitrogen and oxygen atoms in total. The maximum atomic E-state index is 3.43. The largest absolute Gasteiger partial charge is 0.335 e. The van der Waals surface area contributed by atoms with Crippen molar-refractivity contribution in [3.8, 4) is 0 Å². The van der Waals surface area contributed by atoms with Gasteiger partial charge in [-0.15, -0.1) is 0 Å². The van der Waals surface area contributed by atoms with Crippen molar-refractivity contribution in [1.82, 2.24) is 4.98 Å². The second-order valence-electron chi connectivity index (χ2n) is 2.37. The van der Waals surface area contributed by atoms with Crippen LogP contribution in [0.25, 0.3) is 0 Å². The molecule has 0 atom stereocenters. The lowest BCUT2D eigenvalue weighted by Gasteiger charge is -1.91. The third-order valence-corrected chi connectivity index (χ3v) is 3.32. The van der Waals surface area contributed by atoms with Gasteiger partial charge in [0.05, 0.1) is 0 Å². The maximum absolute atomic E-state index is 3.43. The second kappa shape index (κ2) is 1.97. The van der Waals surface area contributed by atoms with Gasteiger partial charge in [-0.3, -0.25) is 0 Å². The van der Waals surface area contributed by atoms with Crippen molar-refractivity contribution in [2.24, 2.45) is 0 Å². The van der Waals surface area contributed by atoms with Crippen LogP contribution in [-0.2, 0) is 6.54 Å². The van der Waals surface area contributed by atoms with Crippen LogP contribution in [0.4, 0.5) is 0 Å². The molecule has 0 saturated heterocycles. The minimum Gasteiger partial charge on any atom is -0.335 e. The highest BCUT2D eigenvalue weighted by molar-refractivity contribution is 6.52. The molecule has 46 valence electrons. The molecule has 2 heteroatoms. The molecule has 1 heterocycles. The fourth-order valence-electron chi connectivity index (χ4n) is 1.23.